The number of Topliss-reactive ketones (excluding diaryl/α,β-unsaturated/α-hetero) is 1. The van der Waals surface area contributed by atoms with E-state index in [9.17, 15) is 14.0 Å². The maximum Gasteiger partial charge on any atom is 0.256 e. The molecule has 37 heavy (non-hydrogen) atoms. The van der Waals surface area contributed by atoms with Crippen molar-refractivity contribution >= 4 is 28.9 Å². The number of nitrogens with zero attached hydrogens (tertiary/aromatic N) is 1. The van der Waals surface area contributed by atoms with Gasteiger partial charge >= 0.3 is 0 Å². The van der Waals surface area contributed by atoms with E-state index in [-0.39, 0.29) is 28.4 Å². The van der Waals surface area contributed by atoms with E-state index in [1.54, 1.807) is 12.3 Å². The minimum atomic E-state index is -0.623. The Bertz CT molecular complexity index is 1550. The molecule has 0 aliphatic heterocycles. The van der Waals surface area contributed by atoms with Crippen LogP contribution in [0.5, 0.6) is 5.75 Å². The number of H-pyrrole nitrogens is 1. The van der Waals surface area contributed by atoms with E-state index in [1.807, 2.05) is 36.4 Å². The zero-order chi connectivity index (χ0) is 25.7. The van der Waals surface area contributed by atoms with Crippen LogP contribution in [0.25, 0.3) is 11.3 Å². The lowest BCUT2D eigenvalue weighted by molar-refractivity contribution is 0.0940. The molecule has 1 unspecified atom stereocenters. The number of halogens is 1. The lowest BCUT2D eigenvalue weighted by Crippen LogP contribution is -2.19. The SMILES string of the molecule is COc1ccc(C(=O)Nc2cc(-c3[nH]c4c(c3Nc3ccccc3)C(=O)C3C[C@@]3(C)C4)ccn2)cc1F. The largest absolute Gasteiger partial charge is 0.494 e. The molecule has 0 radical (unpaired) electrons. The molecular weight excluding hydrogens is 471 g/mol. The molecule has 2 atom stereocenters. The number of fused-ring (bicyclic) bond motifs is 2. The molecule has 2 aliphatic rings. The van der Waals surface area contributed by atoms with Crippen molar-refractivity contribution in [1.29, 1.82) is 0 Å². The van der Waals surface area contributed by atoms with Gasteiger partial charge in [-0.25, -0.2) is 9.37 Å². The molecule has 0 spiro atoms. The second-order valence-electron chi connectivity index (χ2n) is 9.90. The molecule has 2 aliphatic carbocycles. The zero-order valence-corrected chi connectivity index (χ0v) is 20.4. The summed E-state index contributed by atoms with van der Waals surface area (Å²) in [6.07, 6.45) is 3.30. The summed E-state index contributed by atoms with van der Waals surface area (Å²) in [4.78, 5) is 33.9. The Morgan fingerprint density at radius 3 is 2.73 bits per heavy atom. The van der Waals surface area contributed by atoms with Crippen LogP contribution in [0.3, 0.4) is 0 Å². The maximum absolute atomic E-state index is 14.1. The Labute approximate surface area is 213 Å². The number of hydrogen-bond donors (Lipinski definition) is 3. The molecule has 4 aromatic rings. The van der Waals surface area contributed by atoms with Gasteiger partial charge in [-0.1, -0.05) is 25.1 Å². The van der Waals surface area contributed by atoms with Crippen LogP contribution in [-0.4, -0.2) is 28.8 Å². The van der Waals surface area contributed by atoms with Gasteiger partial charge in [0.05, 0.1) is 24.1 Å². The van der Waals surface area contributed by atoms with Crippen molar-refractivity contribution in [2.24, 2.45) is 11.3 Å². The van der Waals surface area contributed by atoms with Crippen LogP contribution < -0.4 is 15.4 Å². The quantitative estimate of drug-likeness (QED) is 0.305. The van der Waals surface area contributed by atoms with E-state index in [0.717, 1.165) is 47.2 Å². The number of carbonyl (C=O) groups excluding carboxylic acids is 2. The number of para-hydroxylation sites is 1. The van der Waals surface area contributed by atoms with Gasteiger partial charge in [0, 0.05) is 34.6 Å². The van der Waals surface area contributed by atoms with Crippen molar-refractivity contribution in [3.05, 3.63) is 89.5 Å². The lowest BCUT2D eigenvalue weighted by atomic mass is 9.87. The normalized spacial score (nSPS) is 19.5. The molecule has 2 heterocycles. The highest BCUT2D eigenvalue weighted by molar-refractivity contribution is 6.10. The van der Waals surface area contributed by atoms with Crippen molar-refractivity contribution < 1.29 is 18.7 Å². The number of ketones is 1. The highest BCUT2D eigenvalue weighted by Gasteiger charge is 2.58. The third-order valence-corrected chi connectivity index (χ3v) is 7.32. The van der Waals surface area contributed by atoms with E-state index >= 15 is 0 Å². The van der Waals surface area contributed by atoms with Gasteiger partial charge < -0.3 is 20.4 Å². The van der Waals surface area contributed by atoms with E-state index in [4.69, 9.17) is 4.74 Å². The molecule has 1 saturated carbocycles. The Kier molecular flexibility index (Phi) is 5.33. The lowest BCUT2D eigenvalue weighted by Gasteiger charge is -2.18. The second-order valence-corrected chi connectivity index (χ2v) is 9.90. The van der Waals surface area contributed by atoms with E-state index < -0.39 is 11.7 Å². The monoisotopic (exact) mass is 496 g/mol. The predicted octanol–water partition coefficient (Wildman–Crippen LogP) is 5.99. The molecule has 2 aromatic heterocycles. The van der Waals surface area contributed by atoms with Gasteiger partial charge in [0.2, 0.25) is 0 Å². The number of carbonyl (C=O) groups is 2. The van der Waals surface area contributed by atoms with E-state index in [2.05, 4.69) is 27.5 Å². The number of aromatic nitrogens is 2. The molecule has 186 valence electrons. The highest BCUT2D eigenvalue weighted by Crippen LogP contribution is 2.60. The third kappa shape index (κ3) is 4.04. The summed E-state index contributed by atoms with van der Waals surface area (Å²) in [5, 5.41) is 6.19. The summed E-state index contributed by atoms with van der Waals surface area (Å²) in [6.45, 7) is 2.16. The van der Waals surface area contributed by atoms with Crippen molar-refractivity contribution in [2.45, 2.75) is 19.8 Å². The number of nitrogens with one attached hydrogen (secondary N) is 3. The smallest absolute Gasteiger partial charge is 0.256 e. The first-order valence-corrected chi connectivity index (χ1v) is 12.1. The molecule has 6 rings (SSSR count). The van der Waals surface area contributed by atoms with Gasteiger partial charge in [-0.05, 0) is 60.7 Å². The molecule has 2 aromatic carbocycles. The third-order valence-electron chi connectivity index (χ3n) is 7.32. The Morgan fingerprint density at radius 2 is 1.97 bits per heavy atom. The topological polar surface area (TPSA) is 96.1 Å². The summed E-state index contributed by atoms with van der Waals surface area (Å²) in [5.74, 6) is -0.541. The molecule has 1 fully saturated rings. The summed E-state index contributed by atoms with van der Waals surface area (Å²) in [7, 11) is 1.36. The highest BCUT2D eigenvalue weighted by atomic mass is 19.1. The molecule has 3 N–H and O–H groups in total. The van der Waals surface area contributed by atoms with Crippen LogP contribution in [0.4, 0.5) is 21.6 Å². The Balaban J connectivity index is 1.36. The average molecular weight is 497 g/mol. The first-order valence-electron chi connectivity index (χ1n) is 12.1. The number of hydrogen-bond acceptors (Lipinski definition) is 5. The van der Waals surface area contributed by atoms with Gasteiger partial charge in [0.15, 0.2) is 17.3 Å². The number of methoxy groups -OCH3 is 1. The molecule has 0 saturated heterocycles. The second kappa shape index (κ2) is 8.58. The summed E-state index contributed by atoms with van der Waals surface area (Å²) >= 11 is 0. The van der Waals surface area contributed by atoms with Crippen molar-refractivity contribution in [1.82, 2.24) is 9.97 Å². The molecular formula is C29H25FN4O3. The first kappa shape index (κ1) is 23.0. The Morgan fingerprint density at radius 1 is 1.16 bits per heavy atom. The number of pyridine rings is 1. The van der Waals surface area contributed by atoms with Gasteiger partial charge in [-0.2, -0.15) is 0 Å². The van der Waals surface area contributed by atoms with Crippen molar-refractivity contribution in [3.63, 3.8) is 0 Å². The van der Waals surface area contributed by atoms with Crippen LogP contribution in [0, 0.1) is 17.2 Å². The van der Waals surface area contributed by atoms with Crippen LogP contribution in [0.15, 0.2) is 66.9 Å². The van der Waals surface area contributed by atoms with Crippen molar-refractivity contribution in [2.75, 3.05) is 17.7 Å². The maximum atomic E-state index is 14.1. The summed E-state index contributed by atoms with van der Waals surface area (Å²) in [5.41, 5.74) is 4.88. The summed E-state index contributed by atoms with van der Waals surface area (Å²) < 4.78 is 19.0. The first-order chi connectivity index (χ1) is 17.9. The van der Waals surface area contributed by atoms with Crippen LogP contribution in [0.1, 0.15) is 39.8 Å². The molecule has 0 bridgehead atoms. The van der Waals surface area contributed by atoms with Gasteiger partial charge in [-0.3, -0.25) is 9.59 Å². The molecule has 1 amide bonds. The average Bonchev–Trinajstić information content (AvgIpc) is 3.46. The van der Waals surface area contributed by atoms with Crippen molar-refractivity contribution in [3.8, 4) is 17.0 Å². The fourth-order valence-electron chi connectivity index (χ4n) is 5.20. The number of benzene rings is 2. The van der Waals surface area contributed by atoms with Crippen LogP contribution >= 0.6 is 0 Å². The van der Waals surface area contributed by atoms with Gasteiger partial charge in [-0.15, -0.1) is 0 Å². The zero-order valence-electron chi connectivity index (χ0n) is 20.4. The number of aromatic amines is 1. The minimum Gasteiger partial charge on any atom is -0.494 e. The number of rotatable bonds is 6. The van der Waals surface area contributed by atoms with E-state index in [1.165, 1.54) is 19.2 Å². The number of anilines is 3. The Hall–Kier alpha value is -4.46. The number of ether oxygens (including phenoxy) is 1. The van der Waals surface area contributed by atoms with E-state index in [0.29, 0.717) is 11.4 Å². The van der Waals surface area contributed by atoms with Crippen LogP contribution in [0.2, 0.25) is 0 Å². The standard InChI is InChI=1S/C29H25FN4O3/c1-29-14-19(29)27(35)24-21(15-29)33-25(26(24)32-18-6-4-3-5-7-18)16-10-11-31-23(13-16)34-28(36)17-8-9-22(37-2)20(30)12-17/h3-13,19,32-33H,14-15H2,1-2H3,(H,31,34,36)/t19?,29-/m0/s1. The molecule has 7 nitrogen and oxygen atoms in total. The minimum absolute atomic E-state index is 0.0151. The van der Waals surface area contributed by atoms with Crippen LogP contribution in [-0.2, 0) is 6.42 Å². The fourth-order valence-corrected chi connectivity index (χ4v) is 5.20. The number of amides is 1. The molecule has 8 heteroatoms. The predicted molar refractivity (Wildman–Crippen MR) is 139 cm³/mol. The van der Waals surface area contributed by atoms with Gasteiger partial charge in [0.25, 0.3) is 5.91 Å². The summed E-state index contributed by atoms with van der Waals surface area (Å²) in [6, 6.07) is 17.3. The van der Waals surface area contributed by atoms with Gasteiger partial charge in [0.1, 0.15) is 5.82 Å². The fraction of sp³-hybridized carbons (Fsp3) is 0.207.